The first-order chi connectivity index (χ1) is 17.8. The Hall–Kier alpha value is -4.11. The Balaban J connectivity index is 1.52. The van der Waals surface area contributed by atoms with E-state index < -0.39 is 16.1 Å². The molecule has 192 valence electrons. The summed E-state index contributed by atoms with van der Waals surface area (Å²) in [6, 6.07) is 18.1. The minimum absolute atomic E-state index is 0.0182. The van der Waals surface area contributed by atoms with Crippen LogP contribution in [0.5, 0.6) is 17.2 Å². The van der Waals surface area contributed by atoms with E-state index in [9.17, 15) is 13.2 Å². The van der Waals surface area contributed by atoms with Crippen LogP contribution in [-0.2, 0) is 19.6 Å². The molecule has 0 unspecified atom stereocenters. The Kier molecular flexibility index (Phi) is 7.93. The molecule has 0 saturated heterocycles. The van der Waals surface area contributed by atoms with Gasteiger partial charge in [-0.3, -0.25) is 0 Å². The van der Waals surface area contributed by atoms with Crippen molar-refractivity contribution in [3.63, 3.8) is 0 Å². The number of aryl methyl sites for hydroxylation is 1. The lowest BCUT2D eigenvalue weighted by molar-refractivity contribution is -0.129. The number of ether oxygens (including phenoxy) is 3. The number of carbonyl (C=O) groups excluding carboxylic acids is 1. The number of benzene rings is 3. The molecule has 0 aromatic heterocycles. The topological polar surface area (TPSA) is 100 Å². The molecule has 4 rings (SSSR count). The van der Waals surface area contributed by atoms with E-state index >= 15 is 0 Å². The Morgan fingerprint density at radius 3 is 2.38 bits per heavy atom. The fourth-order valence-electron chi connectivity index (χ4n) is 3.43. The molecule has 8 nitrogen and oxygen atoms in total. The second-order valence-corrected chi connectivity index (χ2v) is 9.87. The normalized spacial score (nSPS) is 14.3. The molecule has 37 heavy (non-hydrogen) atoms. The van der Waals surface area contributed by atoms with Crippen molar-refractivity contribution < 1.29 is 31.6 Å². The zero-order chi connectivity index (χ0) is 26.4. The maximum Gasteiger partial charge on any atom is 0.363 e. The zero-order valence-corrected chi connectivity index (χ0v) is 21.6. The Morgan fingerprint density at radius 1 is 0.973 bits per heavy atom. The predicted molar refractivity (Wildman–Crippen MR) is 139 cm³/mol. The molecule has 0 spiro atoms. The van der Waals surface area contributed by atoms with Crippen molar-refractivity contribution in [2.45, 2.75) is 31.6 Å². The second-order valence-electron chi connectivity index (χ2n) is 8.32. The van der Waals surface area contributed by atoms with Crippen LogP contribution in [0, 0.1) is 6.92 Å². The molecule has 0 radical (unpaired) electrons. The quantitative estimate of drug-likeness (QED) is 0.155. The first kappa shape index (κ1) is 26.0. The lowest BCUT2D eigenvalue weighted by Gasteiger charge is -2.11. The van der Waals surface area contributed by atoms with Gasteiger partial charge < -0.3 is 18.4 Å². The summed E-state index contributed by atoms with van der Waals surface area (Å²) in [5, 5.41) is 0. The molecule has 0 aliphatic carbocycles. The van der Waals surface area contributed by atoms with Gasteiger partial charge in [-0.25, -0.2) is 9.79 Å². The predicted octanol–water partition coefficient (Wildman–Crippen LogP) is 5.29. The fraction of sp³-hybridized carbons (Fsp3) is 0.214. The molecule has 0 fully saturated rings. The number of methoxy groups -OCH3 is 1. The van der Waals surface area contributed by atoms with Gasteiger partial charge in [-0.1, -0.05) is 37.1 Å². The number of esters is 1. The van der Waals surface area contributed by atoms with Crippen LogP contribution < -0.4 is 13.7 Å². The molecule has 0 saturated carbocycles. The van der Waals surface area contributed by atoms with Crippen LogP contribution in [0.3, 0.4) is 0 Å². The monoisotopic (exact) mass is 521 g/mol. The highest BCUT2D eigenvalue weighted by Crippen LogP contribution is 2.32. The number of cyclic esters (lactones) is 1. The van der Waals surface area contributed by atoms with Gasteiger partial charge in [0.1, 0.15) is 10.6 Å². The molecule has 1 aliphatic heterocycles. The van der Waals surface area contributed by atoms with E-state index in [1.165, 1.54) is 31.4 Å². The minimum Gasteiger partial charge on any atom is -0.494 e. The molecule has 1 heterocycles. The summed E-state index contributed by atoms with van der Waals surface area (Å²) in [6.45, 7) is 4.60. The average molecular weight is 522 g/mol. The van der Waals surface area contributed by atoms with E-state index in [0.29, 0.717) is 17.7 Å². The summed E-state index contributed by atoms with van der Waals surface area (Å²) >= 11 is 0. The van der Waals surface area contributed by atoms with Crippen molar-refractivity contribution in [3.8, 4) is 17.2 Å². The number of carbonyl (C=O) groups is 1. The third-order valence-electron chi connectivity index (χ3n) is 5.49. The van der Waals surface area contributed by atoms with Gasteiger partial charge in [-0.2, -0.15) is 8.42 Å². The summed E-state index contributed by atoms with van der Waals surface area (Å²) in [4.78, 5) is 16.8. The first-order valence-corrected chi connectivity index (χ1v) is 13.1. The van der Waals surface area contributed by atoms with Gasteiger partial charge in [0.15, 0.2) is 17.2 Å². The molecule has 1 aliphatic rings. The molecule has 0 atom stereocenters. The van der Waals surface area contributed by atoms with Crippen LogP contribution >= 0.6 is 0 Å². The van der Waals surface area contributed by atoms with Gasteiger partial charge in [-0.15, -0.1) is 0 Å². The van der Waals surface area contributed by atoms with Crippen molar-refractivity contribution >= 4 is 28.1 Å². The van der Waals surface area contributed by atoms with E-state index in [1.807, 2.05) is 6.92 Å². The molecular weight excluding hydrogens is 494 g/mol. The van der Waals surface area contributed by atoms with Crippen LogP contribution in [0.15, 0.2) is 82.3 Å². The minimum atomic E-state index is -4.05. The number of nitrogens with zero attached hydrogens (tertiary/aromatic N) is 1. The van der Waals surface area contributed by atoms with Gasteiger partial charge in [0, 0.05) is 5.56 Å². The number of aliphatic imine (C=N–C) groups is 1. The summed E-state index contributed by atoms with van der Waals surface area (Å²) in [6.07, 6.45) is 3.55. The highest BCUT2D eigenvalue weighted by Gasteiger charge is 2.25. The molecule has 9 heteroatoms. The van der Waals surface area contributed by atoms with E-state index in [4.69, 9.17) is 18.4 Å². The van der Waals surface area contributed by atoms with E-state index in [0.717, 1.165) is 24.2 Å². The number of hydrogen-bond acceptors (Lipinski definition) is 8. The Morgan fingerprint density at radius 2 is 1.70 bits per heavy atom. The van der Waals surface area contributed by atoms with Gasteiger partial charge in [0.25, 0.3) is 0 Å². The van der Waals surface area contributed by atoms with Crippen molar-refractivity contribution in [2.75, 3.05) is 13.7 Å². The van der Waals surface area contributed by atoms with Crippen LogP contribution in [0.4, 0.5) is 0 Å². The molecule has 0 N–H and O–H groups in total. The maximum absolute atomic E-state index is 12.7. The van der Waals surface area contributed by atoms with Crippen LogP contribution in [0.25, 0.3) is 6.08 Å². The zero-order valence-electron chi connectivity index (χ0n) is 20.8. The second kappa shape index (κ2) is 11.3. The number of rotatable bonds is 10. The van der Waals surface area contributed by atoms with Crippen molar-refractivity contribution in [3.05, 3.63) is 89.1 Å². The molecule has 3 aromatic rings. The van der Waals surface area contributed by atoms with E-state index in [1.54, 1.807) is 48.5 Å². The van der Waals surface area contributed by atoms with Crippen molar-refractivity contribution in [1.82, 2.24) is 0 Å². The van der Waals surface area contributed by atoms with Crippen molar-refractivity contribution in [2.24, 2.45) is 4.99 Å². The molecule has 0 bridgehead atoms. The smallest absolute Gasteiger partial charge is 0.363 e. The van der Waals surface area contributed by atoms with Gasteiger partial charge in [0.05, 0.1) is 13.7 Å². The van der Waals surface area contributed by atoms with Gasteiger partial charge in [-0.05, 0) is 73.5 Å². The highest BCUT2D eigenvalue weighted by atomic mass is 32.2. The third kappa shape index (κ3) is 6.37. The summed E-state index contributed by atoms with van der Waals surface area (Å²) in [5.41, 5.74) is 2.22. The number of hydrogen-bond donors (Lipinski definition) is 0. The molecule has 3 aromatic carbocycles. The summed E-state index contributed by atoms with van der Waals surface area (Å²) < 4.78 is 47.0. The van der Waals surface area contributed by atoms with E-state index in [2.05, 4.69) is 11.9 Å². The largest absolute Gasteiger partial charge is 0.494 e. The maximum atomic E-state index is 12.7. The lowest BCUT2D eigenvalue weighted by Crippen LogP contribution is -2.10. The van der Waals surface area contributed by atoms with Crippen LogP contribution in [0.1, 0.15) is 36.5 Å². The van der Waals surface area contributed by atoms with Crippen LogP contribution in [-0.4, -0.2) is 34.0 Å². The molecular formula is C28H27NO7S. The first-order valence-electron chi connectivity index (χ1n) is 11.7. The van der Waals surface area contributed by atoms with E-state index in [-0.39, 0.29) is 28.0 Å². The lowest BCUT2D eigenvalue weighted by atomic mass is 10.1. The summed E-state index contributed by atoms with van der Waals surface area (Å²) in [5.74, 6) is 0.521. The Labute approximate surface area is 216 Å². The SMILES string of the molecule is CCCCOc1ccc(C2=N/C(=C\c3ccc(OS(=O)(=O)c4ccc(C)cc4)c(OC)c3)C(=O)O2)cc1. The standard InChI is InChI=1S/C28H27NO7S/c1-4-5-16-34-22-11-9-21(10-12-22)27-29-24(28(30)35-27)17-20-8-15-25(26(18-20)33-3)36-37(31,32)23-13-6-19(2)7-14-23/h6-15,17-18H,4-5,16H2,1-3H3/b24-17-. The summed E-state index contributed by atoms with van der Waals surface area (Å²) in [7, 11) is -2.66. The molecule has 0 amide bonds. The third-order valence-corrected chi connectivity index (χ3v) is 6.74. The van der Waals surface area contributed by atoms with Crippen LogP contribution in [0.2, 0.25) is 0 Å². The highest BCUT2D eigenvalue weighted by molar-refractivity contribution is 7.87. The van der Waals surface area contributed by atoms with Crippen molar-refractivity contribution in [1.29, 1.82) is 0 Å². The Bertz CT molecular complexity index is 1440. The fourth-order valence-corrected chi connectivity index (χ4v) is 4.37. The van der Waals surface area contributed by atoms with Gasteiger partial charge >= 0.3 is 16.1 Å². The number of unbranched alkanes of at least 4 members (excludes halogenated alkanes) is 1. The van der Waals surface area contributed by atoms with Gasteiger partial charge in [0.2, 0.25) is 5.90 Å². The average Bonchev–Trinajstić information content (AvgIpc) is 3.25.